The Morgan fingerprint density at radius 1 is 1.09 bits per heavy atom. The quantitative estimate of drug-likeness (QED) is 0.861. The van der Waals surface area contributed by atoms with Crippen LogP contribution in [-0.2, 0) is 12.0 Å². The van der Waals surface area contributed by atoms with E-state index in [1.54, 1.807) is 12.1 Å². The zero-order chi connectivity index (χ0) is 16.9. The maximum atomic E-state index is 12.9. The van der Waals surface area contributed by atoms with E-state index in [1.807, 2.05) is 25.1 Å². The first-order valence-corrected chi connectivity index (χ1v) is 7.74. The van der Waals surface area contributed by atoms with Gasteiger partial charge in [-0.05, 0) is 30.2 Å². The molecule has 0 bridgehead atoms. The van der Waals surface area contributed by atoms with Crippen LogP contribution in [0.4, 0.5) is 9.18 Å². The minimum absolute atomic E-state index is 0.0434. The van der Waals surface area contributed by atoms with Crippen molar-refractivity contribution in [2.75, 3.05) is 0 Å². The molecule has 3 nitrogen and oxygen atoms in total. The first kappa shape index (κ1) is 17.0. The predicted molar refractivity (Wildman–Crippen MR) is 90.7 cm³/mol. The van der Waals surface area contributed by atoms with Gasteiger partial charge in [0.05, 0.1) is 0 Å². The molecule has 2 aromatic rings. The maximum Gasteiger partial charge on any atom is 0.315 e. The molecule has 0 aliphatic carbocycles. The minimum atomic E-state index is -0.281. The molecule has 1 unspecified atom stereocenters. The summed E-state index contributed by atoms with van der Waals surface area (Å²) in [7, 11) is 0. The fourth-order valence-electron chi connectivity index (χ4n) is 2.33. The van der Waals surface area contributed by atoms with Crippen molar-refractivity contribution in [3.8, 4) is 0 Å². The first-order chi connectivity index (χ1) is 10.9. The van der Waals surface area contributed by atoms with Crippen LogP contribution in [0.1, 0.15) is 31.9 Å². The van der Waals surface area contributed by atoms with E-state index in [0.29, 0.717) is 6.54 Å². The highest BCUT2D eigenvalue weighted by atomic mass is 19.1. The van der Waals surface area contributed by atoms with E-state index in [4.69, 9.17) is 0 Å². The van der Waals surface area contributed by atoms with Gasteiger partial charge in [-0.15, -0.1) is 0 Å². The van der Waals surface area contributed by atoms with Crippen molar-refractivity contribution in [3.63, 3.8) is 0 Å². The lowest BCUT2D eigenvalue weighted by molar-refractivity contribution is 0.231. The summed E-state index contributed by atoms with van der Waals surface area (Å²) >= 11 is 0. The summed E-state index contributed by atoms with van der Waals surface area (Å²) in [5.74, 6) is -0.281. The fraction of sp³-hybridized carbons (Fsp3) is 0.316. The van der Waals surface area contributed by atoms with Crippen LogP contribution >= 0.6 is 0 Å². The monoisotopic (exact) mass is 314 g/mol. The van der Waals surface area contributed by atoms with Crippen LogP contribution in [0.15, 0.2) is 54.6 Å². The smallest absolute Gasteiger partial charge is 0.315 e. The molecule has 2 amide bonds. The van der Waals surface area contributed by atoms with Crippen molar-refractivity contribution in [3.05, 3.63) is 71.5 Å². The molecule has 2 aromatic carbocycles. The molecule has 0 spiro atoms. The number of nitrogens with one attached hydrogen (secondary N) is 2. The number of rotatable bonds is 5. The SMILES string of the molecule is CC(NC(=O)NCc1ccc(F)cc1)C(C)(C)c1ccccc1. The Hall–Kier alpha value is -2.36. The Labute approximate surface area is 136 Å². The molecular formula is C19H23FN2O. The summed E-state index contributed by atoms with van der Waals surface area (Å²) in [6, 6.07) is 15.9. The van der Waals surface area contributed by atoms with Gasteiger partial charge in [0, 0.05) is 18.0 Å². The van der Waals surface area contributed by atoms with Gasteiger partial charge in [0.25, 0.3) is 0 Å². The van der Waals surface area contributed by atoms with E-state index in [0.717, 1.165) is 5.56 Å². The second kappa shape index (κ2) is 7.27. The van der Waals surface area contributed by atoms with Crippen LogP contribution in [0.3, 0.4) is 0 Å². The summed E-state index contributed by atoms with van der Waals surface area (Å²) in [6.07, 6.45) is 0. The van der Waals surface area contributed by atoms with Gasteiger partial charge in [0.2, 0.25) is 0 Å². The molecular weight excluding hydrogens is 291 g/mol. The van der Waals surface area contributed by atoms with Gasteiger partial charge < -0.3 is 10.6 Å². The van der Waals surface area contributed by atoms with Crippen molar-refractivity contribution >= 4 is 6.03 Å². The topological polar surface area (TPSA) is 41.1 Å². The van der Waals surface area contributed by atoms with Gasteiger partial charge in [-0.1, -0.05) is 56.3 Å². The van der Waals surface area contributed by atoms with Crippen LogP contribution in [0, 0.1) is 5.82 Å². The molecule has 1 atom stereocenters. The number of benzene rings is 2. The Bertz CT molecular complexity index is 638. The predicted octanol–water partition coefficient (Wildman–Crippen LogP) is 3.99. The van der Waals surface area contributed by atoms with Crippen molar-refractivity contribution in [1.29, 1.82) is 0 Å². The van der Waals surface area contributed by atoms with Gasteiger partial charge >= 0.3 is 6.03 Å². The second-order valence-corrected chi connectivity index (χ2v) is 6.26. The average Bonchev–Trinajstić information content (AvgIpc) is 2.55. The molecule has 4 heteroatoms. The molecule has 0 aliphatic heterocycles. The Morgan fingerprint density at radius 3 is 2.30 bits per heavy atom. The summed E-state index contributed by atoms with van der Waals surface area (Å²) < 4.78 is 12.9. The van der Waals surface area contributed by atoms with Crippen LogP contribution in [0.25, 0.3) is 0 Å². The molecule has 2 N–H and O–H groups in total. The lowest BCUT2D eigenvalue weighted by atomic mass is 9.78. The highest BCUT2D eigenvalue weighted by Crippen LogP contribution is 2.26. The molecule has 122 valence electrons. The van der Waals surface area contributed by atoms with E-state index >= 15 is 0 Å². The Kier molecular flexibility index (Phi) is 5.37. The zero-order valence-electron chi connectivity index (χ0n) is 13.8. The lowest BCUT2D eigenvalue weighted by Gasteiger charge is -2.33. The molecule has 2 rings (SSSR count). The molecule has 0 saturated carbocycles. The van der Waals surface area contributed by atoms with Gasteiger partial charge in [-0.3, -0.25) is 0 Å². The number of amides is 2. The summed E-state index contributed by atoms with van der Waals surface area (Å²) in [5, 5.41) is 5.78. The minimum Gasteiger partial charge on any atom is -0.335 e. The van der Waals surface area contributed by atoms with Gasteiger partial charge in [0.15, 0.2) is 0 Å². The third-order valence-corrected chi connectivity index (χ3v) is 4.31. The van der Waals surface area contributed by atoms with Gasteiger partial charge in [-0.25, -0.2) is 9.18 Å². The van der Waals surface area contributed by atoms with Crippen LogP contribution in [-0.4, -0.2) is 12.1 Å². The molecule has 0 radical (unpaired) electrons. The summed E-state index contributed by atoms with van der Waals surface area (Å²) in [6.45, 7) is 6.57. The summed E-state index contributed by atoms with van der Waals surface area (Å²) in [5.41, 5.74) is 1.84. The normalized spacial score (nSPS) is 12.5. The summed E-state index contributed by atoms with van der Waals surface area (Å²) in [4.78, 5) is 12.1. The third-order valence-electron chi connectivity index (χ3n) is 4.31. The van der Waals surface area contributed by atoms with Crippen LogP contribution < -0.4 is 10.6 Å². The molecule has 0 fully saturated rings. The van der Waals surface area contributed by atoms with Gasteiger partial charge in [0.1, 0.15) is 5.82 Å². The average molecular weight is 314 g/mol. The highest BCUT2D eigenvalue weighted by molar-refractivity contribution is 5.74. The molecule has 0 aromatic heterocycles. The van der Waals surface area contributed by atoms with Crippen LogP contribution in [0.2, 0.25) is 0 Å². The largest absolute Gasteiger partial charge is 0.335 e. The van der Waals surface area contributed by atoms with E-state index in [9.17, 15) is 9.18 Å². The van der Waals surface area contributed by atoms with Crippen molar-refractivity contribution in [2.24, 2.45) is 0 Å². The third kappa shape index (κ3) is 4.55. The number of carbonyl (C=O) groups is 1. The molecule has 0 heterocycles. The van der Waals surface area contributed by atoms with E-state index < -0.39 is 0 Å². The lowest BCUT2D eigenvalue weighted by Crippen LogP contribution is -2.49. The number of halogens is 1. The second-order valence-electron chi connectivity index (χ2n) is 6.26. The number of hydrogen-bond acceptors (Lipinski definition) is 1. The molecule has 0 aliphatic rings. The molecule has 0 saturated heterocycles. The Balaban J connectivity index is 1.90. The highest BCUT2D eigenvalue weighted by Gasteiger charge is 2.28. The van der Waals surface area contributed by atoms with Gasteiger partial charge in [-0.2, -0.15) is 0 Å². The first-order valence-electron chi connectivity index (χ1n) is 7.74. The van der Waals surface area contributed by atoms with Crippen molar-refractivity contribution < 1.29 is 9.18 Å². The Morgan fingerprint density at radius 2 is 1.70 bits per heavy atom. The number of carbonyl (C=O) groups excluding carboxylic acids is 1. The van der Waals surface area contributed by atoms with Crippen molar-refractivity contribution in [1.82, 2.24) is 10.6 Å². The molecule has 23 heavy (non-hydrogen) atoms. The van der Waals surface area contributed by atoms with E-state index in [2.05, 4.69) is 36.6 Å². The number of urea groups is 1. The number of hydrogen-bond donors (Lipinski definition) is 2. The maximum absolute atomic E-state index is 12.9. The standard InChI is InChI=1S/C19H23FN2O/c1-14(19(2,3)16-7-5-4-6-8-16)22-18(23)21-13-15-9-11-17(20)12-10-15/h4-12,14H,13H2,1-3H3,(H2,21,22,23). The fourth-order valence-corrected chi connectivity index (χ4v) is 2.33. The van der Waals surface area contributed by atoms with Crippen molar-refractivity contribution in [2.45, 2.75) is 38.8 Å². The zero-order valence-corrected chi connectivity index (χ0v) is 13.8. The van der Waals surface area contributed by atoms with E-state index in [-0.39, 0.29) is 23.3 Å². The van der Waals surface area contributed by atoms with E-state index in [1.165, 1.54) is 17.7 Å². The van der Waals surface area contributed by atoms with Crippen LogP contribution in [0.5, 0.6) is 0 Å².